The van der Waals surface area contributed by atoms with Gasteiger partial charge in [0, 0.05) is 24.5 Å². The van der Waals surface area contributed by atoms with Gasteiger partial charge in [-0.1, -0.05) is 36.4 Å². The van der Waals surface area contributed by atoms with E-state index in [1.807, 2.05) is 49.7 Å². The number of nitrogens with one attached hydrogen (secondary N) is 2. The topological polar surface area (TPSA) is 99.4 Å². The third-order valence-corrected chi connectivity index (χ3v) is 4.74. The Bertz CT molecular complexity index is 1040. The van der Waals surface area contributed by atoms with Crippen LogP contribution in [-0.2, 0) is 7.05 Å². The molecule has 2 heterocycles. The van der Waals surface area contributed by atoms with Crippen LogP contribution in [0.2, 0.25) is 0 Å². The molecule has 2 aromatic carbocycles. The zero-order valence-corrected chi connectivity index (χ0v) is 15.2. The standard InChI is InChI=1S/C21H20N4O3/c1-25-12-15(11-22-25)18-10-17(14-7-8-16(21(27)28)19(26)9-14)23-20(24-18)13-5-3-2-4-6-13/h2-12,17,20,23-24,26H,1H3,(H,27,28). The molecule has 7 heteroatoms. The van der Waals surface area contributed by atoms with Gasteiger partial charge in [0.05, 0.1) is 12.2 Å². The number of nitrogens with zero attached hydrogens (tertiary/aromatic N) is 2. The Morgan fingerprint density at radius 3 is 2.57 bits per heavy atom. The van der Waals surface area contributed by atoms with Crippen molar-refractivity contribution in [1.29, 1.82) is 0 Å². The van der Waals surface area contributed by atoms with Crippen LogP contribution in [0.5, 0.6) is 5.75 Å². The van der Waals surface area contributed by atoms with Crippen LogP contribution in [0.25, 0.3) is 5.70 Å². The number of carbonyl (C=O) groups is 1. The molecular weight excluding hydrogens is 356 g/mol. The van der Waals surface area contributed by atoms with Crippen LogP contribution in [0.1, 0.15) is 39.3 Å². The molecule has 0 aliphatic carbocycles. The first-order chi connectivity index (χ1) is 13.5. The van der Waals surface area contributed by atoms with Gasteiger partial charge >= 0.3 is 5.97 Å². The molecule has 0 spiro atoms. The number of carboxylic acids is 1. The molecule has 0 saturated carbocycles. The highest BCUT2D eigenvalue weighted by Gasteiger charge is 2.25. The first-order valence-corrected chi connectivity index (χ1v) is 8.86. The van der Waals surface area contributed by atoms with E-state index in [0.29, 0.717) is 0 Å². The SMILES string of the molecule is Cn1cc(C2=CC(c3ccc(C(=O)O)c(O)c3)NC(c3ccccc3)N2)cn1. The van der Waals surface area contributed by atoms with E-state index in [0.717, 1.165) is 22.4 Å². The quantitative estimate of drug-likeness (QED) is 0.559. The van der Waals surface area contributed by atoms with Crippen molar-refractivity contribution in [3.63, 3.8) is 0 Å². The second kappa shape index (κ2) is 7.21. The molecule has 4 N–H and O–H groups in total. The summed E-state index contributed by atoms with van der Waals surface area (Å²) in [5.74, 6) is -1.41. The minimum Gasteiger partial charge on any atom is -0.507 e. The summed E-state index contributed by atoms with van der Waals surface area (Å²) in [5.41, 5.74) is 3.57. The maximum atomic E-state index is 11.2. The maximum Gasteiger partial charge on any atom is 0.339 e. The summed E-state index contributed by atoms with van der Waals surface area (Å²) in [5, 5.41) is 30.5. The minimum absolute atomic E-state index is 0.117. The monoisotopic (exact) mass is 376 g/mol. The first kappa shape index (κ1) is 17.8. The van der Waals surface area contributed by atoms with Gasteiger partial charge in [-0.05, 0) is 29.3 Å². The number of carboxylic acid groups (broad SMARTS) is 1. The summed E-state index contributed by atoms with van der Waals surface area (Å²) in [4.78, 5) is 11.2. The van der Waals surface area contributed by atoms with Gasteiger partial charge in [0.25, 0.3) is 0 Å². The number of phenols is 1. The molecule has 0 fully saturated rings. The average molecular weight is 376 g/mol. The predicted octanol–water partition coefficient (Wildman–Crippen LogP) is 2.80. The molecule has 0 amide bonds. The van der Waals surface area contributed by atoms with Gasteiger partial charge in [0.2, 0.25) is 0 Å². The number of hydrogen-bond donors (Lipinski definition) is 4. The molecule has 1 aliphatic rings. The van der Waals surface area contributed by atoms with E-state index in [-0.39, 0.29) is 23.5 Å². The zero-order chi connectivity index (χ0) is 19.7. The largest absolute Gasteiger partial charge is 0.507 e. The number of rotatable bonds is 4. The van der Waals surface area contributed by atoms with Crippen LogP contribution in [0.4, 0.5) is 0 Å². The lowest BCUT2D eigenvalue weighted by molar-refractivity contribution is 0.0693. The summed E-state index contributed by atoms with van der Waals surface area (Å²) in [7, 11) is 1.86. The van der Waals surface area contributed by atoms with Crippen molar-refractivity contribution in [3.8, 4) is 5.75 Å². The molecule has 7 nitrogen and oxygen atoms in total. The Balaban J connectivity index is 1.74. The molecule has 1 aromatic heterocycles. The van der Waals surface area contributed by atoms with E-state index < -0.39 is 5.97 Å². The predicted molar refractivity (Wildman–Crippen MR) is 104 cm³/mol. The van der Waals surface area contributed by atoms with Gasteiger partial charge < -0.3 is 15.5 Å². The number of aryl methyl sites for hydroxylation is 1. The summed E-state index contributed by atoms with van der Waals surface area (Å²) >= 11 is 0. The maximum absolute atomic E-state index is 11.2. The van der Waals surface area contributed by atoms with Crippen LogP contribution in [0, 0.1) is 0 Å². The summed E-state index contributed by atoms with van der Waals surface area (Å²) < 4.78 is 1.74. The number of aromatic nitrogens is 2. The first-order valence-electron chi connectivity index (χ1n) is 8.86. The van der Waals surface area contributed by atoms with Crippen LogP contribution in [0.15, 0.2) is 67.0 Å². The van der Waals surface area contributed by atoms with E-state index in [9.17, 15) is 9.90 Å². The molecule has 0 saturated heterocycles. The lowest BCUT2D eigenvalue weighted by Crippen LogP contribution is -2.39. The van der Waals surface area contributed by atoms with E-state index in [1.54, 1.807) is 16.9 Å². The Hall–Kier alpha value is -3.58. The van der Waals surface area contributed by atoms with Gasteiger partial charge in [-0.15, -0.1) is 0 Å². The molecule has 28 heavy (non-hydrogen) atoms. The van der Waals surface area contributed by atoms with Crippen LogP contribution in [-0.4, -0.2) is 26.0 Å². The fourth-order valence-corrected chi connectivity index (χ4v) is 3.32. The highest BCUT2D eigenvalue weighted by molar-refractivity contribution is 5.90. The van der Waals surface area contributed by atoms with Crippen molar-refractivity contribution in [3.05, 3.63) is 89.3 Å². The van der Waals surface area contributed by atoms with Crippen molar-refractivity contribution in [2.24, 2.45) is 7.05 Å². The highest BCUT2D eigenvalue weighted by Crippen LogP contribution is 2.31. The molecule has 2 atom stereocenters. The Labute approximate surface area is 161 Å². The molecule has 3 aromatic rings. The van der Waals surface area contributed by atoms with Gasteiger partial charge in [0.15, 0.2) is 0 Å². The Morgan fingerprint density at radius 1 is 1.14 bits per heavy atom. The highest BCUT2D eigenvalue weighted by atomic mass is 16.4. The van der Waals surface area contributed by atoms with E-state index in [2.05, 4.69) is 15.7 Å². The van der Waals surface area contributed by atoms with Crippen molar-refractivity contribution in [1.82, 2.24) is 20.4 Å². The third-order valence-electron chi connectivity index (χ3n) is 4.74. The lowest BCUT2D eigenvalue weighted by atomic mass is 9.98. The Morgan fingerprint density at radius 2 is 1.93 bits per heavy atom. The molecule has 142 valence electrons. The molecule has 1 aliphatic heterocycles. The van der Waals surface area contributed by atoms with Crippen molar-refractivity contribution >= 4 is 11.7 Å². The van der Waals surface area contributed by atoms with Gasteiger partial charge in [-0.3, -0.25) is 10.00 Å². The van der Waals surface area contributed by atoms with E-state index in [4.69, 9.17) is 5.11 Å². The zero-order valence-electron chi connectivity index (χ0n) is 15.2. The van der Waals surface area contributed by atoms with Crippen LogP contribution < -0.4 is 10.6 Å². The summed E-state index contributed by atoms with van der Waals surface area (Å²) in [6, 6.07) is 14.4. The fraction of sp³-hybridized carbons (Fsp3) is 0.143. The second-order valence-corrected chi connectivity index (χ2v) is 6.70. The number of hydrogen-bond acceptors (Lipinski definition) is 5. The number of aromatic carboxylic acids is 1. The number of benzene rings is 2. The average Bonchev–Trinajstić information content (AvgIpc) is 3.14. The van der Waals surface area contributed by atoms with Crippen LogP contribution >= 0.6 is 0 Å². The number of aromatic hydroxyl groups is 1. The van der Waals surface area contributed by atoms with Gasteiger partial charge in [0.1, 0.15) is 17.5 Å². The van der Waals surface area contributed by atoms with Crippen LogP contribution in [0.3, 0.4) is 0 Å². The lowest BCUT2D eigenvalue weighted by Gasteiger charge is -2.32. The van der Waals surface area contributed by atoms with E-state index >= 15 is 0 Å². The van der Waals surface area contributed by atoms with E-state index in [1.165, 1.54) is 12.1 Å². The normalized spacial score (nSPS) is 19.0. The van der Waals surface area contributed by atoms with Crippen molar-refractivity contribution < 1.29 is 15.0 Å². The van der Waals surface area contributed by atoms with Gasteiger partial charge in [-0.2, -0.15) is 5.10 Å². The smallest absolute Gasteiger partial charge is 0.339 e. The Kier molecular flexibility index (Phi) is 4.58. The minimum atomic E-state index is -1.16. The molecule has 4 rings (SSSR count). The molecule has 0 radical (unpaired) electrons. The molecule has 0 bridgehead atoms. The summed E-state index contributed by atoms with van der Waals surface area (Å²) in [6.45, 7) is 0. The van der Waals surface area contributed by atoms with Gasteiger partial charge in [-0.25, -0.2) is 4.79 Å². The third kappa shape index (κ3) is 3.47. The fourth-order valence-electron chi connectivity index (χ4n) is 3.32. The van der Waals surface area contributed by atoms with Crippen molar-refractivity contribution in [2.75, 3.05) is 0 Å². The van der Waals surface area contributed by atoms with Crippen molar-refractivity contribution in [2.45, 2.75) is 12.2 Å². The summed E-state index contributed by atoms with van der Waals surface area (Å²) in [6.07, 6.45) is 5.56. The molecular formula is C21H20N4O3. The molecule has 2 unspecified atom stereocenters. The second-order valence-electron chi connectivity index (χ2n) is 6.70.